The Labute approximate surface area is 120 Å². The van der Waals surface area contributed by atoms with Crippen molar-refractivity contribution < 1.29 is 9.90 Å². The van der Waals surface area contributed by atoms with Crippen molar-refractivity contribution in [3.63, 3.8) is 0 Å². The largest absolute Gasteiger partial charge is 0.494 e. The summed E-state index contributed by atoms with van der Waals surface area (Å²) in [6.45, 7) is 0. The summed E-state index contributed by atoms with van der Waals surface area (Å²) in [5, 5.41) is 9.91. The van der Waals surface area contributed by atoms with Crippen LogP contribution < -0.4 is 5.73 Å². The van der Waals surface area contributed by atoms with Gasteiger partial charge in [-0.2, -0.15) is 0 Å². The molecular weight excluding hydrogens is 268 g/mol. The minimum Gasteiger partial charge on any atom is -0.494 e. The second kappa shape index (κ2) is 5.09. The van der Waals surface area contributed by atoms with E-state index >= 15 is 0 Å². The molecule has 3 aromatic rings. The Hall–Kier alpha value is -3.15. The monoisotopic (exact) mass is 280 g/mol. The molecule has 0 aliphatic carbocycles. The number of benzene rings is 1. The van der Waals surface area contributed by atoms with Crippen molar-refractivity contribution in [2.45, 2.75) is 0 Å². The van der Waals surface area contributed by atoms with Crippen LogP contribution in [0.5, 0.6) is 5.88 Å². The van der Waals surface area contributed by atoms with E-state index in [-0.39, 0.29) is 5.88 Å². The number of aromatic nitrogens is 2. The van der Waals surface area contributed by atoms with Gasteiger partial charge in [0.2, 0.25) is 0 Å². The number of carbonyl (C=O) groups is 1. The van der Waals surface area contributed by atoms with E-state index in [9.17, 15) is 9.90 Å². The number of hydrogen-bond donors (Lipinski definition) is 3. The molecule has 0 saturated carbocycles. The van der Waals surface area contributed by atoms with Gasteiger partial charge in [0.15, 0.2) is 5.88 Å². The second-order valence-corrected chi connectivity index (χ2v) is 4.43. The lowest BCUT2D eigenvalue weighted by Crippen LogP contribution is -2.10. The fourth-order valence-corrected chi connectivity index (χ4v) is 2.08. The summed E-state index contributed by atoms with van der Waals surface area (Å²) in [6.07, 6.45) is 3.09. The summed E-state index contributed by atoms with van der Waals surface area (Å²) in [5.74, 6) is -0.576. The molecule has 0 aliphatic rings. The lowest BCUT2D eigenvalue weighted by atomic mass is 10.1. The van der Waals surface area contributed by atoms with Crippen molar-refractivity contribution >= 4 is 28.8 Å². The highest BCUT2D eigenvalue weighted by molar-refractivity contribution is 6.02. The zero-order valence-corrected chi connectivity index (χ0v) is 10.9. The van der Waals surface area contributed by atoms with E-state index in [0.717, 1.165) is 0 Å². The third-order valence-corrected chi connectivity index (χ3v) is 3.07. The normalized spacial score (nSPS) is 11.2. The van der Waals surface area contributed by atoms with Gasteiger partial charge in [-0.15, -0.1) is 0 Å². The van der Waals surface area contributed by atoms with Crippen LogP contribution in [0.25, 0.3) is 11.0 Å². The number of nitrogens with one attached hydrogen (secondary N) is 1. The van der Waals surface area contributed by atoms with Gasteiger partial charge in [0.05, 0.1) is 22.3 Å². The molecule has 0 aliphatic heterocycles. The predicted molar refractivity (Wildman–Crippen MR) is 80.0 cm³/mol. The van der Waals surface area contributed by atoms with E-state index < -0.39 is 5.91 Å². The van der Waals surface area contributed by atoms with Crippen LogP contribution in [0.1, 0.15) is 15.9 Å². The number of aromatic amines is 1. The highest BCUT2D eigenvalue weighted by Gasteiger charge is 2.10. The highest BCUT2D eigenvalue weighted by Crippen LogP contribution is 2.25. The van der Waals surface area contributed by atoms with Gasteiger partial charge >= 0.3 is 0 Å². The molecule has 0 radical (unpaired) electrons. The first-order chi connectivity index (χ1) is 10.2. The lowest BCUT2D eigenvalue weighted by Gasteiger charge is -2.00. The quantitative estimate of drug-likeness (QED) is 0.640. The molecule has 4 N–H and O–H groups in total. The van der Waals surface area contributed by atoms with Crippen molar-refractivity contribution in [3.8, 4) is 5.88 Å². The van der Waals surface area contributed by atoms with Crippen molar-refractivity contribution in [3.05, 3.63) is 53.7 Å². The molecule has 3 rings (SSSR count). The van der Waals surface area contributed by atoms with Crippen LogP contribution in [0.15, 0.2) is 47.6 Å². The molecule has 0 spiro atoms. The van der Waals surface area contributed by atoms with Crippen LogP contribution in [0.2, 0.25) is 0 Å². The molecule has 104 valence electrons. The zero-order valence-electron chi connectivity index (χ0n) is 10.9. The fraction of sp³-hybridized carbons (Fsp3) is 0. The molecular formula is C15H12N4O2. The van der Waals surface area contributed by atoms with Gasteiger partial charge in [0.1, 0.15) is 5.52 Å². The van der Waals surface area contributed by atoms with Crippen LogP contribution in [-0.2, 0) is 0 Å². The van der Waals surface area contributed by atoms with Gasteiger partial charge in [-0.05, 0) is 24.3 Å². The molecule has 0 atom stereocenters. The number of primary amides is 1. The predicted octanol–water partition coefficient (Wildman–Crippen LogP) is 2.12. The number of pyridine rings is 1. The van der Waals surface area contributed by atoms with E-state index in [0.29, 0.717) is 27.8 Å². The summed E-state index contributed by atoms with van der Waals surface area (Å²) in [4.78, 5) is 22.6. The maximum atomic E-state index is 11.3. The average molecular weight is 280 g/mol. The standard InChI is InChI=1S/C15H12N4O2/c16-14(20)9-4-1-2-5-11(9)18-8-10-13-12(19-15(10)21)6-3-7-17-13/h1-8,19,21H,(H2,16,20). The fourth-order valence-electron chi connectivity index (χ4n) is 2.08. The maximum Gasteiger partial charge on any atom is 0.250 e. The second-order valence-electron chi connectivity index (χ2n) is 4.43. The molecule has 2 aromatic heterocycles. The summed E-state index contributed by atoms with van der Waals surface area (Å²) >= 11 is 0. The number of rotatable bonds is 3. The van der Waals surface area contributed by atoms with Crippen LogP contribution in [0.4, 0.5) is 5.69 Å². The maximum absolute atomic E-state index is 11.3. The van der Waals surface area contributed by atoms with Crippen LogP contribution in [0.3, 0.4) is 0 Å². The smallest absolute Gasteiger partial charge is 0.250 e. The number of aromatic hydroxyl groups is 1. The number of fused-ring (bicyclic) bond motifs is 1. The van der Waals surface area contributed by atoms with Crippen molar-refractivity contribution in [1.82, 2.24) is 9.97 Å². The molecule has 0 fully saturated rings. The number of aliphatic imine (C=N–C) groups is 1. The molecule has 0 bridgehead atoms. The molecule has 21 heavy (non-hydrogen) atoms. The highest BCUT2D eigenvalue weighted by atomic mass is 16.3. The van der Waals surface area contributed by atoms with E-state index in [1.54, 1.807) is 42.6 Å². The Bertz CT molecular complexity index is 852. The SMILES string of the molecule is NC(=O)c1ccccc1N=Cc1c(O)[nH]c2cccnc12. The van der Waals surface area contributed by atoms with Gasteiger partial charge in [-0.25, -0.2) is 0 Å². The summed E-state index contributed by atoms with van der Waals surface area (Å²) < 4.78 is 0. The lowest BCUT2D eigenvalue weighted by molar-refractivity contribution is 0.100. The van der Waals surface area contributed by atoms with E-state index in [1.807, 2.05) is 0 Å². The average Bonchev–Trinajstić information content (AvgIpc) is 2.81. The minimum atomic E-state index is -0.552. The van der Waals surface area contributed by atoms with Crippen molar-refractivity contribution in [2.24, 2.45) is 10.7 Å². The Morgan fingerprint density at radius 3 is 2.90 bits per heavy atom. The summed E-state index contributed by atoms with van der Waals surface area (Å²) in [6, 6.07) is 10.3. The van der Waals surface area contributed by atoms with E-state index in [2.05, 4.69) is 15.0 Å². The third kappa shape index (κ3) is 2.34. The van der Waals surface area contributed by atoms with Gasteiger partial charge in [-0.3, -0.25) is 14.8 Å². The zero-order chi connectivity index (χ0) is 14.8. The van der Waals surface area contributed by atoms with Crippen LogP contribution >= 0.6 is 0 Å². The van der Waals surface area contributed by atoms with Gasteiger partial charge in [0, 0.05) is 12.4 Å². The van der Waals surface area contributed by atoms with Gasteiger partial charge in [-0.1, -0.05) is 12.1 Å². The Balaban J connectivity index is 2.07. The number of amides is 1. The number of nitrogens with two attached hydrogens (primary N) is 1. The summed E-state index contributed by atoms with van der Waals surface area (Å²) in [7, 11) is 0. The van der Waals surface area contributed by atoms with Crippen LogP contribution in [0, 0.1) is 0 Å². The summed E-state index contributed by atoms with van der Waals surface area (Å²) in [5.41, 5.74) is 7.84. The van der Waals surface area contributed by atoms with Crippen molar-refractivity contribution in [1.29, 1.82) is 0 Å². The van der Waals surface area contributed by atoms with Gasteiger partial charge < -0.3 is 15.8 Å². The molecule has 6 heteroatoms. The molecule has 1 aromatic carbocycles. The number of H-pyrrole nitrogens is 1. The first kappa shape index (κ1) is 12.9. The number of para-hydroxylation sites is 1. The third-order valence-electron chi connectivity index (χ3n) is 3.07. The molecule has 1 amide bonds. The first-order valence-electron chi connectivity index (χ1n) is 6.25. The van der Waals surface area contributed by atoms with E-state index in [1.165, 1.54) is 6.21 Å². The first-order valence-corrected chi connectivity index (χ1v) is 6.25. The molecule has 0 unspecified atom stereocenters. The van der Waals surface area contributed by atoms with E-state index in [4.69, 9.17) is 5.73 Å². The number of carbonyl (C=O) groups excluding carboxylic acids is 1. The topological polar surface area (TPSA) is 104 Å². The van der Waals surface area contributed by atoms with Gasteiger partial charge in [0.25, 0.3) is 5.91 Å². The Morgan fingerprint density at radius 1 is 1.29 bits per heavy atom. The Morgan fingerprint density at radius 2 is 2.10 bits per heavy atom. The Kier molecular flexibility index (Phi) is 3.12. The number of hydrogen-bond acceptors (Lipinski definition) is 4. The molecule has 6 nitrogen and oxygen atoms in total. The molecule has 0 saturated heterocycles. The molecule has 2 heterocycles. The minimum absolute atomic E-state index is 0.0241. The van der Waals surface area contributed by atoms with Crippen molar-refractivity contribution in [2.75, 3.05) is 0 Å². The van der Waals surface area contributed by atoms with Crippen LogP contribution in [-0.4, -0.2) is 27.2 Å². The number of nitrogens with zero attached hydrogens (tertiary/aromatic N) is 2.